The molecule has 0 bridgehead atoms. The van der Waals surface area contributed by atoms with Crippen LogP contribution >= 0.6 is 0 Å². The van der Waals surface area contributed by atoms with Gasteiger partial charge in [-0.25, -0.2) is 0 Å². The van der Waals surface area contributed by atoms with E-state index in [0.29, 0.717) is 5.70 Å². The van der Waals surface area contributed by atoms with E-state index in [4.69, 9.17) is 0 Å². The van der Waals surface area contributed by atoms with Gasteiger partial charge in [0, 0.05) is 24.9 Å². The lowest BCUT2D eigenvalue weighted by Gasteiger charge is -2.06. The lowest BCUT2D eigenvalue weighted by atomic mass is 10.2. The Morgan fingerprint density at radius 3 is 2.54 bits per heavy atom. The van der Waals surface area contributed by atoms with Crippen LogP contribution < -0.4 is 5.32 Å². The molecule has 0 saturated heterocycles. The molecule has 0 saturated carbocycles. The molecule has 0 aliphatic rings. The summed E-state index contributed by atoms with van der Waals surface area (Å²) in [6, 6.07) is 0. The second-order valence-corrected chi connectivity index (χ2v) is 2.88. The first-order chi connectivity index (χ1) is 6.11. The highest BCUT2D eigenvalue weighted by atomic mass is 16.1. The van der Waals surface area contributed by atoms with Gasteiger partial charge >= 0.3 is 0 Å². The van der Waals surface area contributed by atoms with Crippen LogP contribution in [0.2, 0.25) is 0 Å². The number of allylic oxidation sites excluding steroid dienone is 2. The van der Waals surface area contributed by atoms with E-state index in [-0.39, 0.29) is 11.8 Å². The number of amides is 1. The highest BCUT2D eigenvalue weighted by Crippen LogP contribution is 1.95. The van der Waals surface area contributed by atoms with E-state index in [2.05, 4.69) is 16.9 Å². The number of rotatable bonds is 4. The zero-order valence-corrected chi connectivity index (χ0v) is 8.37. The van der Waals surface area contributed by atoms with Gasteiger partial charge in [0.25, 0.3) is 0 Å². The van der Waals surface area contributed by atoms with Crippen LogP contribution in [0.3, 0.4) is 0 Å². The SMILES string of the molecule is C=C/C(=C\C=N/C)NC(=O)C(C)C. The summed E-state index contributed by atoms with van der Waals surface area (Å²) in [7, 11) is 1.67. The van der Waals surface area contributed by atoms with Crippen LogP contribution in [-0.4, -0.2) is 19.2 Å². The second kappa shape index (κ2) is 6.17. The van der Waals surface area contributed by atoms with Gasteiger partial charge in [0.15, 0.2) is 0 Å². The Kier molecular flexibility index (Phi) is 5.52. The molecule has 0 spiro atoms. The Morgan fingerprint density at radius 1 is 1.54 bits per heavy atom. The topological polar surface area (TPSA) is 41.5 Å². The van der Waals surface area contributed by atoms with E-state index in [1.54, 1.807) is 25.4 Å². The number of carbonyl (C=O) groups excluding carboxylic acids is 1. The summed E-state index contributed by atoms with van der Waals surface area (Å²) in [6.45, 7) is 7.26. The highest BCUT2D eigenvalue weighted by Gasteiger charge is 2.05. The summed E-state index contributed by atoms with van der Waals surface area (Å²) >= 11 is 0. The van der Waals surface area contributed by atoms with Crippen molar-refractivity contribution in [3.63, 3.8) is 0 Å². The minimum Gasteiger partial charge on any atom is -0.326 e. The lowest BCUT2D eigenvalue weighted by Crippen LogP contribution is -2.26. The maximum Gasteiger partial charge on any atom is 0.226 e. The van der Waals surface area contributed by atoms with Crippen molar-refractivity contribution in [3.8, 4) is 0 Å². The highest BCUT2D eigenvalue weighted by molar-refractivity contribution is 5.82. The Hall–Kier alpha value is -1.38. The Bertz CT molecular complexity index is 239. The number of hydrogen-bond acceptors (Lipinski definition) is 2. The van der Waals surface area contributed by atoms with Gasteiger partial charge in [-0.1, -0.05) is 20.4 Å². The maximum atomic E-state index is 11.2. The first-order valence-corrected chi connectivity index (χ1v) is 4.17. The number of nitrogens with one attached hydrogen (secondary N) is 1. The van der Waals surface area contributed by atoms with Crippen LogP contribution in [-0.2, 0) is 4.79 Å². The molecule has 0 rings (SSSR count). The molecule has 1 N–H and O–H groups in total. The standard InChI is InChI=1S/C10H16N2O/c1-5-9(6-7-11-4)12-10(13)8(2)3/h5-8H,1H2,2-4H3,(H,12,13)/b9-6+,11-7-. The van der Waals surface area contributed by atoms with Crippen molar-refractivity contribution in [3.05, 3.63) is 24.4 Å². The summed E-state index contributed by atoms with van der Waals surface area (Å²) in [5.41, 5.74) is 0.671. The zero-order chi connectivity index (χ0) is 10.3. The summed E-state index contributed by atoms with van der Waals surface area (Å²) in [5.74, 6) is -0.0439. The molecule has 0 aliphatic carbocycles. The van der Waals surface area contributed by atoms with Crippen molar-refractivity contribution >= 4 is 12.1 Å². The van der Waals surface area contributed by atoms with Crippen molar-refractivity contribution in [1.29, 1.82) is 0 Å². The van der Waals surface area contributed by atoms with Gasteiger partial charge in [0.05, 0.1) is 0 Å². The molecule has 72 valence electrons. The smallest absolute Gasteiger partial charge is 0.226 e. The number of aliphatic imine (C=N–C) groups is 1. The third kappa shape index (κ3) is 4.95. The average Bonchev–Trinajstić information content (AvgIpc) is 2.11. The maximum absolute atomic E-state index is 11.2. The molecule has 0 unspecified atom stereocenters. The van der Waals surface area contributed by atoms with Gasteiger partial charge in [0.2, 0.25) is 5.91 Å². The molecule has 13 heavy (non-hydrogen) atoms. The van der Waals surface area contributed by atoms with Crippen molar-refractivity contribution in [2.24, 2.45) is 10.9 Å². The third-order valence-electron chi connectivity index (χ3n) is 1.41. The van der Waals surface area contributed by atoms with Gasteiger partial charge in [0.1, 0.15) is 0 Å². The molecule has 0 aromatic rings. The Balaban J connectivity index is 4.29. The van der Waals surface area contributed by atoms with Crippen LogP contribution in [0.4, 0.5) is 0 Å². The molecule has 0 fully saturated rings. The quantitative estimate of drug-likeness (QED) is 0.517. The molecule has 0 aromatic carbocycles. The molecule has 3 nitrogen and oxygen atoms in total. The predicted octanol–water partition coefficient (Wildman–Crippen LogP) is 1.53. The molecule has 0 aromatic heterocycles. The van der Waals surface area contributed by atoms with Crippen molar-refractivity contribution < 1.29 is 4.79 Å². The molecule has 0 heterocycles. The number of carbonyl (C=O) groups is 1. The third-order valence-corrected chi connectivity index (χ3v) is 1.41. The van der Waals surface area contributed by atoms with Gasteiger partial charge in [-0.15, -0.1) is 0 Å². The summed E-state index contributed by atoms with van der Waals surface area (Å²) < 4.78 is 0. The summed E-state index contributed by atoms with van der Waals surface area (Å²) in [5, 5.41) is 2.71. The molecule has 1 amide bonds. The van der Waals surface area contributed by atoms with E-state index >= 15 is 0 Å². The van der Waals surface area contributed by atoms with Crippen molar-refractivity contribution in [2.75, 3.05) is 7.05 Å². The van der Waals surface area contributed by atoms with Gasteiger partial charge in [-0.05, 0) is 12.2 Å². The zero-order valence-electron chi connectivity index (χ0n) is 8.37. The molecule has 3 heteroatoms. The van der Waals surface area contributed by atoms with E-state index in [1.807, 2.05) is 13.8 Å². The fourth-order valence-corrected chi connectivity index (χ4v) is 0.602. The number of nitrogens with zero attached hydrogens (tertiary/aromatic N) is 1. The molecular formula is C10H16N2O. The normalized spacial score (nSPS) is 12.2. The number of hydrogen-bond donors (Lipinski definition) is 1. The lowest BCUT2D eigenvalue weighted by molar-refractivity contribution is -0.123. The first-order valence-electron chi connectivity index (χ1n) is 4.17. The fraction of sp³-hybridized carbons (Fsp3) is 0.400. The van der Waals surface area contributed by atoms with Gasteiger partial charge < -0.3 is 5.32 Å². The van der Waals surface area contributed by atoms with E-state index in [9.17, 15) is 4.79 Å². The van der Waals surface area contributed by atoms with Gasteiger partial charge in [-0.3, -0.25) is 9.79 Å². The second-order valence-electron chi connectivity index (χ2n) is 2.88. The first kappa shape index (κ1) is 11.6. The Labute approximate surface area is 79.3 Å². The Morgan fingerprint density at radius 2 is 2.15 bits per heavy atom. The van der Waals surface area contributed by atoms with Crippen LogP contribution in [0.15, 0.2) is 29.4 Å². The summed E-state index contributed by atoms with van der Waals surface area (Å²) in [4.78, 5) is 15.0. The minimum atomic E-state index is -0.0260. The molecule has 0 aliphatic heterocycles. The van der Waals surface area contributed by atoms with E-state index in [0.717, 1.165) is 0 Å². The van der Waals surface area contributed by atoms with Crippen LogP contribution in [0.25, 0.3) is 0 Å². The van der Waals surface area contributed by atoms with Crippen LogP contribution in [0.1, 0.15) is 13.8 Å². The predicted molar refractivity (Wildman–Crippen MR) is 55.7 cm³/mol. The van der Waals surface area contributed by atoms with E-state index in [1.165, 1.54) is 0 Å². The van der Waals surface area contributed by atoms with Crippen molar-refractivity contribution in [1.82, 2.24) is 5.32 Å². The van der Waals surface area contributed by atoms with Gasteiger partial charge in [-0.2, -0.15) is 0 Å². The fourth-order valence-electron chi connectivity index (χ4n) is 0.602. The summed E-state index contributed by atoms with van der Waals surface area (Å²) in [6.07, 6.45) is 4.90. The van der Waals surface area contributed by atoms with Crippen LogP contribution in [0, 0.1) is 5.92 Å². The van der Waals surface area contributed by atoms with Crippen LogP contribution in [0.5, 0.6) is 0 Å². The van der Waals surface area contributed by atoms with Crippen molar-refractivity contribution in [2.45, 2.75) is 13.8 Å². The molecule has 0 atom stereocenters. The molecular weight excluding hydrogens is 164 g/mol. The monoisotopic (exact) mass is 180 g/mol. The minimum absolute atomic E-state index is 0.0179. The average molecular weight is 180 g/mol. The largest absolute Gasteiger partial charge is 0.326 e. The molecule has 0 radical (unpaired) electrons. The van der Waals surface area contributed by atoms with E-state index < -0.39 is 0 Å².